The fourth-order valence-corrected chi connectivity index (χ4v) is 1.82. The second kappa shape index (κ2) is 5.51. The predicted octanol–water partition coefficient (Wildman–Crippen LogP) is 0.821. The number of carbonyl (C=O) groups is 1. The Hall–Kier alpha value is -1.80. The number of rotatable bonds is 3. The molecule has 1 saturated heterocycles. The van der Waals surface area contributed by atoms with Gasteiger partial charge < -0.3 is 14.1 Å². The van der Waals surface area contributed by atoms with Crippen LogP contribution in [0.15, 0.2) is 22.8 Å². The van der Waals surface area contributed by atoms with Crippen molar-refractivity contribution in [3.8, 4) is 6.07 Å². The maximum absolute atomic E-state index is 12.1. The van der Waals surface area contributed by atoms with Gasteiger partial charge in [-0.1, -0.05) is 0 Å². The Balaban J connectivity index is 1.97. The first-order valence-corrected chi connectivity index (χ1v) is 5.60. The van der Waals surface area contributed by atoms with Crippen molar-refractivity contribution in [1.29, 1.82) is 5.26 Å². The molecule has 90 valence electrons. The van der Waals surface area contributed by atoms with Crippen molar-refractivity contribution < 1.29 is 13.9 Å². The lowest BCUT2D eigenvalue weighted by molar-refractivity contribution is -0.137. The van der Waals surface area contributed by atoms with Crippen molar-refractivity contribution in [2.75, 3.05) is 26.3 Å². The van der Waals surface area contributed by atoms with Gasteiger partial charge in [-0.3, -0.25) is 4.79 Å². The van der Waals surface area contributed by atoms with Crippen LogP contribution in [0.5, 0.6) is 0 Å². The average Bonchev–Trinajstić information content (AvgIpc) is 2.89. The summed E-state index contributed by atoms with van der Waals surface area (Å²) in [7, 11) is 0. The molecule has 1 atom stereocenters. The van der Waals surface area contributed by atoms with Crippen molar-refractivity contribution in [3.63, 3.8) is 0 Å². The third-order valence-electron chi connectivity index (χ3n) is 2.76. The number of amides is 1. The number of furan rings is 1. The molecule has 0 bridgehead atoms. The monoisotopic (exact) mass is 234 g/mol. The molecule has 2 rings (SSSR count). The topological polar surface area (TPSA) is 66.5 Å². The molecule has 0 aliphatic carbocycles. The van der Waals surface area contributed by atoms with E-state index in [0.717, 1.165) is 0 Å². The smallest absolute Gasteiger partial charge is 0.240 e. The maximum Gasteiger partial charge on any atom is 0.240 e. The largest absolute Gasteiger partial charge is 0.469 e. The van der Waals surface area contributed by atoms with Crippen LogP contribution in [-0.2, 0) is 16.0 Å². The number of nitrogens with zero attached hydrogens (tertiary/aromatic N) is 2. The van der Waals surface area contributed by atoms with E-state index in [4.69, 9.17) is 14.4 Å². The minimum atomic E-state index is -0.667. The van der Waals surface area contributed by atoms with Gasteiger partial charge >= 0.3 is 0 Å². The Morgan fingerprint density at radius 2 is 2.29 bits per heavy atom. The molecule has 1 aliphatic rings. The Bertz CT molecular complexity index is 402. The first-order valence-electron chi connectivity index (χ1n) is 5.60. The fraction of sp³-hybridized carbons (Fsp3) is 0.500. The molecule has 2 heterocycles. The molecule has 0 N–H and O–H groups in total. The van der Waals surface area contributed by atoms with E-state index in [-0.39, 0.29) is 5.91 Å². The number of carbonyl (C=O) groups excluding carboxylic acids is 1. The molecule has 5 nitrogen and oxygen atoms in total. The highest BCUT2D eigenvalue weighted by Crippen LogP contribution is 2.13. The number of morpholine rings is 1. The Kier molecular flexibility index (Phi) is 3.78. The molecule has 17 heavy (non-hydrogen) atoms. The average molecular weight is 234 g/mol. The zero-order chi connectivity index (χ0) is 12.1. The number of ether oxygens (including phenoxy) is 1. The second-order valence-electron chi connectivity index (χ2n) is 3.90. The highest BCUT2D eigenvalue weighted by atomic mass is 16.5. The summed E-state index contributed by atoms with van der Waals surface area (Å²) in [6.45, 7) is 2.22. The predicted molar refractivity (Wildman–Crippen MR) is 58.9 cm³/mol. The van der Waals surface area contributed by atoms with E-state index in [2.05, 4.69) is 0 Å². The lowest BCUT2D eigenvalue weighted by atomic mass is 10.0. The minimum Gasteiger partial charge on any atom is -0.469 e. The van der Waals surface area contributed by atoms with Gasteiger partial charge in [0.15, 0.2) is 0 Å². The first kappa shape index (κ1) is 11.7. The second-order valence-corrected chi connectivity index (χ2v) is 3.90. The van der Waals surface area contributed by atoms with E-state index in [9.17, 15) is 4.79 Å². The van der Waals surface area contributed by atoms with Crippen LogP contribution in [0, 0.1) is 17.2 Å². The fourth-order valence-electron chi connectivity index (χ4n) is 1.82. The summed E-state index contributed by atoms with van der Waals surface area (Å²) in [6, 6.07) is 5.57. The summed E-state index contributed by atoms with van der Waals surface area (Å²) >= 11 is 0. The zero-order valence-electron chi connectivity index (χ0n) is 9.46. The molecule has 1 aliphatic heterocycles. The third-order valence-corrected chi connectivity index (χ3v) is 2.76. The molecule has 0 spiro atoms. The molecule has 0 saturated carbocycles. The van der Waals surface area contributed by atoms with Crippen LogP contribution in [-0.4, -0.2) is 37.1 Å². The van der Waals surface area contributed by atoms with E-state index >= 15 is 0 Å². The third kappa shape index (κ3) is 2.86. The van der Waals surface area contributed by atoms with E-state index in [1.165, 1.54) is 0 Å². The van der Waals surface area contributed by atoms with Crippen LogP contribution < -0.4 is 0 Å². The van der Waals surface area contributed by atoms with E-state index < -0.39 is 5.92 Å². The highest BCUT2D eigenvalue weighted by Gasteiger charge is 2.26. The van der Waals surface area contributed by atoms with Crippen LogP contribution in [0.2, 0.25) is 0 Å². The zero-order valence-corrected chi connectivity index (χ0v) is 9.46. The quantitative estimate of drug-likeness (QED) is 0.776. The van der Waals surface area contributed by atoms with Gasteiger partial charge in [0.2, 0.25) is 5.91 Å². The number of nitriles is 1. The first-order chi connectivity index (χ1) is 8.31. The standard InChI is InChI=1S/C12H14N2O3/c13-9-10(8-11-2-1-5-17-11)12(15)14-3-6-16-7-4-14/h1-2,5,10H,3-4,6-8H2. The molecule has 1 unspecified atom stereocenters. The van der Waals surface area contributed by atoms with Gasteiger partial charge in [-0.05, 0) is 12.1 Å². The summed E-state index contributed by atoms with van der Waals surface area (Å²) in [5.41, 5.74) is 0. The van der Waals surface area contributed by atoms with Crippen LogP contribution in [0.25, 0.3) is 0 Å². The van der Waals surface area contributed by atoms with Crippen LogP contribution in [0.4, 0.5) is 0 Å². The van der Waals surface area contributed by atoms with Crippen molar-refractivity contribution in [2.45, 2.75) is 6.42 Å². The highest BCUT2D eigenvalue weighted by molar-refractivity contribution is 5.81. The van der Waals surface area contributed by atoms with Crippen LogP contribution >= 0.6 is 0 Å². The summed E-state index contributed by atoms with van der Waals surface area (Å²) in [5, 5.41) is 9.06. The molecule has 1 aromatic rings. The molecule has 1 aromatic heterocycles. The lowest BCUT2D eigenvalue weighted by Crippen LogP contribution is -2.43. The summed E-state index contributed by atoms with van der Waals surface area (Å²) in [4.78, 5) is 13.7. The maximum atomic E-state index is 12.1. The van der Waals surface area contributed by atoms with Crippen molar-refractivity contribution in [1.82, 2.24) is 4.90 Å². The summed E-state index contributed by atoms with van der Waals surface area (Å²) < 4.78 is 10.3. The van der Waals surface area contributed by atoms with E-state index in [1.54, 1.807) is 23.3 Å². The molecular weight excluding hydrogens is 220 g/mol. The molecular formula is C12H14N2O3. The lowest BCUT2D eigenvalue weighted by Gasteiger charge is -2.28. The summed E-state index contributed by atoms with van der Waals surface area (Å²) in [6.07, 6.45) is 1.88. The van der Waals surface area contributed by atoms with Crippen molar-refractivity contribution in [2.24, 2.45) is 5.92 Å². The van der Waals surface area contributed by atoms with Gasteiger partial charge in [-0.2, -0.15) is 5.26 Å². The Morgan fingerprint density at radius 3 is 2.88 bits per heavy atom. The molecule has 0 radical (unpaired) electrons. The Labute approximate surface area is 99.6 Å². The summed E-state index contributed by atoms with van der Waals surface area (Å²) in [5.74, 6) is -0.135. The SMILES string of the molecule is N#CC(Cc1ccco1)C(=O)N1CCOCC1. The van der Waals surface area contributed by atoms with Crippen molar-refractivity contribution in [3.05, 3.63) is 24.2 Å². The van der Waals surface area contributed by atoms with Crippen molar-refractivity contribution >= 4 is 5.91 Å². The van der Waals surface area contributed by atoms with Gasteiger partial charge in [0.25, 0.3) is 0 Å². The number of hydrogen-bond acceptors (Lipinski definition) is 4. The van der Waals surface area contributed by atoms with Crippen LogP contribution in [0.1, 0.15) is 5.76 Å². The number of hydrogen-bond donors (Lipinski definition) is 0. The van der Waals surface area contributed by atoms with Gasteiger partial charge in [-0.25, -0.2) is 0 Å². The van der Waals surface area contributed by atoms with E-state index in [0.29, 0.717) is 38.5 Å². The van der Waals surface area contributed by atoms with Gasteiger partial charge in [0.1, 0.15) is 11.7 Å². The molecule has 1 fully saturated rings. The Morgan fingerprint density at radius 1 is 1.53 bits per heavy atom. The van der Waals surface area contributed by atoms with Crippen LogP contribution in [0.3, 0.4) is 0 Å². The van der Waals surface area contributed by atoms with Gasteiger partial charge in [-0.15, -0.1) is 0 Å². The van der Waals surface area contributed by atoms with E-state index in [1.807, 2.05) is 6.07 Å². The molecule has 5 heteroatoms. The molecule has 0 aromatic carbocycles. The minimum absolute atomic E-state index is 0.132. The normalized spacial score (nSPS) is 17.5. The van der Waals surface area contributed by atoms with Gasteiger partial charge in [0.05, 0.1) is 25.5 Å². The van der Waals surface area contributed by atoms with Gasteiger partial charge in [0, 0.05) is 19.5 Å². The molecule has 1 amide bonds.